The highest BCUT2D eigenvalue weighted by Gasteiger charge is 2.43. The summed E-state index contributed by atoms with van der Waals surface area (Å²) in [5.41, 5.74) is 2.33. The Bertz CT molecular complexity index is 894. The smallest absolute Gasteiger partial charge is 0.226 e. The molecular weight excluding hydrogens is 383 g/mol. The van der Waals surface area contributed by atoms with Gasteiger partial charge in [-0.3, -0.25) is 4.79 Å². The van der Waals surface area contributed by atoms with Crippen LogP contribution in [0, 0.1) is 11.2 Å². The van der Waals surface area contributed by atoms with E-state index in [9.17, 15) is 9.18 Å². The number of nitrogens with zero attached hydrogens (tertiary/aromatic N) is 1. The van der Waals surface area contributed by atoms with Crippen LogP contribution in [-0.4, -0.2) is 37.5 Å². The molecule has 6 heteroatoms. The molecule has 0 radical (unpaired) electrons. The van der Waals surface area contributed by atoms with Gasteiger partial charge in [-0.05, 0) is 42.5 Å². The number of benzene rings is 2. The summed E-state index contributed by atoms with van der Waals surface area (Å²) in [5.74, 6) is -0.230. The van der Waals surface area contributed by atoms with E-state index < -0.39 is 5.41 Å². The van der Waals surface area contributed by atoms with Crippen molar-refractivity contribution in [3.8, 4) is 0 Å². The molecule has 1 unspecified atom stereocenters. The molecule has 30 heavy (non-hydrogen) atoms. The van der Waals surface area contributed by atoms with Crippen LogP contribution in [-0.2, 0) is 20.8 Å². The van der Waals surface area contributed by atoms with Crippen LogP contribution in [0.15, 0.2) is 59.8 Å². The maximum Gasteiger partial charge on any atom is 0.226 e. The summed E-state index contributed by atoms with van der Waals surface area (Å²) < 4.78 is 18.9. The normalized spacial score (nSPS) is 20.3. The Morgan fingerprint density at radius 2 is 1.93 bits per heavy atom. The molecule has 2 aromatic carbocycles. The van der Waals surface area contributed by atoms with E-state index in [0.29, 0.717) is 51.9 Å². The van der Waals surface area contributed by atoms with Crippen LogP contribution in [0.3, 0.4) is 0 Å². The van der Waals surface area contributed by atoms with E-state index in [1.165, 1.54) is 12.1 Å². The van der Waals surface area contributed by atoms with Gasteiger partial charge in [0.25, 0.3) is 0 Å². The molecule has 158 valence electrons. The Balaban J connectivity index is 1.36. The van der Waals surface area contributed by atoms with Gasteiger partial charge in [-0.1, -0.05) is 47.6 Å². The van der Waals surface area contributed by atoms with Crippen molar-refractivity contribution >= 4 is 11.6 Å². The fraction of sp³-hybridized carbons (Fsp3) is 0.417. The second kappa shape index (κ2) is 9.39. The summed E-state index contributed by atoms with van der Waals surface area (Å²) >= 11 is 0. The first-order valence-corrected chi connectivity index (χ1v) is 10.5. The third-order valence-electron chi connectivity index (χ3n) is 5.98. The Morgan fingerprint density at radius 3 is 2.70 bits per heavy atom. The molecule has 0 saturated carbocycles. The first kappa shape index (κ1) is 20.5. The van der Waals surface area contributed by atoms with Crippen LogP contribution in [0.4, 0.5) is 4.39 Å². The number of amides is 1. The van der Waals surface area contributed by atoms with Crippen LogP contribution in [0.5, 0.6) is 0 Å². The molecular formula is C24H27FN2O3. The Labute approximate surface area is 176 Å². The molecule has 4 rings (SSSR count). The Kier molecular flexibility index (Phi) is 6.43. The van der Waals surface area contributed by atoms with E-state index in [1.54, 1.807) is 6.07 Å². The fourth-order valence-electron chi connectivity index (χ4n) is 4.26. The minimum absolute atomic E-state index is 0.0268. The van der Waals surface area contributed by atoms with Crippen molar-refractivity contribution in [3.63, 3.8) is 0 Å². The van der Waals surface area contributed by atoms with Gasteiger partial charge < -0.3 is 14.9 Å². The summed E-state index contributed by atoms with van der Waals surface area (Å²) in [6.07, 6.45) is 3.12. The third-order valence-corrected chi connectivity index (χ3v) is 5.98. The minimum atomic E-state index is -0.521. The lowest BCUT2D eigenvalue weighted by atomic mass is 9.74. The molecule has 5 nitrogen and oxygen atoms in total. The van der Waals surface area contributed by atoms with Crippen LogP contribution < -0.4 is 5.32 Å². The zero-order valence-electron chi connectivity index (χ0n) is 17.0. The van der Waals surface area contributed by atoms with E-state index in [-0.39, 0.29) is 17.8 Å². The highest BCUT2D eigenvalue weighted by Crippen LogP contribution is 2.38. The van der Waals surface area contributed by atoms with Gasteiger partial charge in [0.2, 0.25) is 5.91 Å². The van der Waals surface area contributed by atoms with E-state index >= 15 is 0 Å². The predicted octanol–water partition coefficient (Wildman–Crippen LogP) is 3.86. The second-order valence-corrected chi connectivity index (χ2v) is 8.07. The topological polar surface area (TPSA) is 59.9 Å². The van der Waals surface area contributed by atoms with Crippen LogP contribution in [0.2, 0.25) is 0 Å². The summed E-state index contributed by atoms with van der Waals surface area (Å²) in [6, 6.07) is 16.5. The molecule has 1 atom stereocenters. The number of oxime groups is 1. The van der Waals surface area contributed by atoms with Gasteiger partial charge >= 0.3 is 0 Å². The number of ether oxygens (including phenoxy) is 1. The standard InChI is InChI=1S/C24H27FN2O3/c25-20-8-4-5-18(15-20)9-12-26-23(28)24(10-13-29-14-11-24)17-21-16-22(27-30-21)19-6-2-1-3-7-19/h1-8,15,21H,9-14,16-17H2,(H,26,28). The number of carbonyl (C=O) groups excluding carboxylic acids is 1. The minimum Gasteiger partial charge on any atom is -0.392 e. The Hall–Kier alpha value is -2.73. The van der Waals surface area contributed by atoms with Crippen LogP contribution in [0.1, 0.15) is 36.8 Å². The number of rotatable bonds is 7. The first-order valence-electron chi connectivity index (χ1n) is 10.5. The highest BCUT2D eigenvalue weighted by atomic mass is 19.1. The van der Waals surface area contributed by atoms with E-state index in [4.69, 9.17) is 9.57 Å². The molecule has 1 fully saturated rings. The molecule has 1 N–H and O–H groups in total. The van der Waals surface area contributed by atoms with Gasteiger partial charge in [-0.2, -0.15) is 0 Å². The SMILES string of the molecule is O=C(NCCc1cccc(F)c1)C1(CC2CC(c3ccccc3)=NO2)CCOCC1. The van der Waals surface area contributed by atoms with Crippen molar-refractivity contribution in [3.05, 3.63) is 71.5 Å². The first-order chi connectivity index (χ1) is 14.6. The summed E-state index contributed by atoms with van der Waals surface area (Å²) in [4.78, 5) is 18.9. The molecule has 0 aromatic heterocycles. The molecule has 2 aliphatic heterocycles. The number of nitrogens with one attached hydrogen (secondary N) is 1. The van der Waals surface area contributed by atoms with Gasteiger partial charge in [0.15, 0.2) is 0 Å². The Morgan fingerprint density at radius 1 is 1.13 bits per heavy atom. The van der Waals surface area contributed by atoms with Crippen molar-refractivity contribution in [2.24, 2.45) is 10.6 Å². The third kappa shape index (κ3) is 4.87. The lowest BCUT2D eigenvalue weighted by molar-refractivity contribution is -0.140. The van der Waals surface area contributed by atoms with Crippen LogP contribution >= 0.6 is 0 Å². The lowest BCUT2D eigenvalue weighted by Crippen LogP contribution is -2.47. The molecule has 2 heterocycles. The molecule has 1 saturated heterocycles. The number of hydrogen-bond acceptors (Lipinski definition) is 4. The van der Waals surface area contributed by atoms with Crippen molar-refractivity contribution in [1.82, 2.24) is 5.32 Å². The summed E-state index contributed by atoms with van der Waals surface area (Å²) in [5, 5.41) is 7.34. The molecule has 0 spiro atoms. The monoisotopic (exact) mass is 410 g/mol. The quantitative estimate of drug-likeness (QED) is 0.754. The summed E-state index contributed by atoms with van der Waals surface area (Å²) in [6.45, 7) is 1.61. The lowest BCUT2D eigenvalue weighted by Gasteiger charge is -2.37. The number of hydrogen-bond donors (Lipinski definition) is 1. The van der Waals surface area contributed by atoms with Gasteiger partial charge in [-0.15, -0.1) is 0 Å². The van der Waals surface area contributed by atoms with Gasteiger partial charge in [-0.25, -0.2) is 4.39 Å². The molecule has 2 aromatic rings. The number of carbonyl (C=O) groups is 1. The maximum atomic E-state index is 13.4. The molecule has 0 aliphatic carbocycles. The van der Waals surface area contributed by atoms with E-state index in [0.717, 1.165) is 16.8 Å². The number of halogens is 1. The molecule has 2 aliphatic rings. The average Bonchev–Trinajstić information content (AvgIpc) is 3.23. The van der Waals surface area contributed by atoms with Crippen molar-refractivity contribution < 1.29 is 18.8 Å². The van der Waals surface area contributed by atoms with Gasteiger partial charge in [0.1, 0.15) is 11.9 Å². The summed E-state index contributed by atoms with van der Waals surface area (Å²) in [7, 11) is 0. The molecule has 0 bridgehead atoms. The van der Waals surface area contributed by atoms with Crippen molar-refractivity contribution in [2.45, 2.75) is 38.2 Å². The fourth-order valence-corrected chi connectivity index (χ4v) is 4.26. The van der Waals surface area contributed by atoms with E-state index in [2.05, 4.69) is 10.5 Å². The van der Waals surface area contributed by atoms with Crippen molar-refractivity contribution in [1.29, 1.82) is 0 Å². The zero-order chi connectivity index (χ0) is 20.8. The zero-order valence-corrected chi connectivity index (χ0v) is 17.0. The maximum absolute atomic E-state index is 13.4. The van der Waals surface area contributed by atoms with E-state index in [1.807, 2.05) is 36.4 Å². The predicted molar refractivity (Wildman–Crippen MR) is 113 cm³/mol. The largest absolute Gasteiger partial charge is 0.392 e. The second-order valence-electron chi connectivity index (χ2n) is 8.07. The highest BCUT2D eigenvalue weighted by molar-refractivity contribution is 6.01. The molecule has 1 amide bonds. The van der Waals surface area contributed by atoms with Gasteiger partial charge in [0.05, 0.1) is 11.1 Å². The van der Waals surface area contributed by atoms with Crippen molar-refractivity contribution in [2.75, 3.05) is 19.8 Å². The van der Waals surface area contributed by atoms with Gasteiger partial charge in [0, 0.05) is 32.6 Å². The van der Waals surface area contributed by atoms with Crippen LogP contribution in [0.25, 0.3) is 0 Å². The average molecular weight is 410 g/mol.